The summed E-state index contributed by atoms with van der Waals surface area (Å²) in [6.45, 7) is 1.74. The predicted octanol–water partition coefficient (Wildman–Crippen LogP) is 4.88. The average Bonchev–Trinajstić information content (AvgIpc) is 2.72. The minimum absolute atomic E-state index is 0.237. The predicted molar refractivity (Wildman–Crippen MR) is 113 cm³/mol. The van der Waals surface area contributed by atoms with Crippen LogP contribution < -0.4 is 9.47 Å². The summed E-state index contributed by atoms with van der Waals surface area (Å²) >= 11 is 0. The van der Waals surface area contributed by atoms with Gasteiger partial charge in [0.1, 0.15) is 36.2 Å². The normalized spacial score (nSPS) is 11.0. The van der Waals surface area contributed by atoms with Crippen LogP contribution in [-0.4, -0.2) is 36.6 Å². The summed E-state index contributed by atoms with van der Waals surface area (Å²) in [5.41, 5.74) is 0. The van der Waals surface area contributed by atoms with Crippen LogP contribution in [0.3, 0.4) is 0 Å². The highest BCUT2D eigenvalue weighted by Gasteiger charge is 2.04. The number of rotatable bonds is 8. The Hall–Kier alpha value is -3.44. The van der Waals surface area contributed by atoms with Crippen molar-refractivity contribution in [2.24, 2.45) is 0 Å². The second-order valence-corrected chi connectivity index (χ2v) is 6.63. The molecule has 5 nitrogen and oxygen atoms in total. The highest BCUT2D eigenvalue weighted by atomic mass is 16.5. The summed E-state index contributed by atoms with van der Waals surface area (Å²) in [6, 6.07) is 21.9. The number of phenolic OH excluding ortho intramolecular Hbond substituents is 2. The van der Waals surface area contributed by atoms with Crippen molar-refractivity contribution in [3.8, 4) is 23.0 Å². The topological polar surface area (TPSA) is 68.2 Å². The standard InChI is InChI=1S/C24H22O5/c25-19-7-9-21-17(15-19)3-1-5-23(21)28-13-11-27-12-14-29-24-6-2-4-18-16-20(26)8-10-22(18)24/h1-10,15-16,25-26H,11-14H2. The molecular formula is C24H22O5. The van der Waals surface area contributed by atoms with Gasteiger partial charge >= 0.3 is 0 Å². The van der Waals surface area contributed by atoms with Gasteiger partial charge in [0.15, 0.2) is 0 Å². The van der Waals surface area contributed by atoms with Crippen LogP contribution in [-0.2, 0) is 4.74 Å². The van der Waals surface area contributed by atoms with Crippen molar-refractivity contribution in [1.29, 1.82) is 0 Å². The molecule has 0 heterocycles. The van der Waals surface area contributed by atoms with E-state index in [-0.39, 0.29) is 11.5 Å². The molecule has 0 aliphatic carbocycles. The first kappa shape index (κ1) is 18.9. The molecule has 148 valence electrons. The van der Waals surface area contributed by atoms with Crippen molar-refractivity contribution in [1.82, 2.24) is 0 Å². The minimum atomic E-state index is 0.237. The summed E-state index contributed by atoms with van der Waals surface area (Å²) in [5, 5.41) is 22.9. The third-order valence-electron chi connectivity index (χ3n) is 4.62. The zero-order valence-corrected chi connectivity index (χ0v) is 15.9. The lowest BCUT2D eigenvalue weighted by molar-refractivity contribution is 0.0771. The van der Waals surface area contributed by atoms with Gasteiger partial charge < -0.3 is 24.4 Å². The Morgan fingerprint density at radius 3 is 1.52 bits per heavy atom. The first-order chi connectivity index (χ1) is 14.2. The highest BCUT2D eigenvalue weighted by molar-refractivity contribution is 5.90. The van der Waals surface area contributed by atoms with Crippen molar-refractivity contribution >= 4 is 21.5 Å². The van der Waals surface area contributed by atoms with E-state index < -0.39 is 0 Å². The molecule has 0 saturated heterocycles. The van der Waals surface area contributed by atoms with E-state index in [0.717, 1.165) is 33.0 Å². The molecule has 0 aromatic heterocycles. The summed E-state index contributed by atoms with van der Waals surface area (Å²) in [6.07, 6.45) is 0. The molecule has 0 aliphatic heterocycles. The third kappa shape index (κ3) is 4.52. The largest absolute Gasteiger partial charge is 0.508 e. The van der Waals surface area contributed by atoms with Crippen molar-refractivity contribution in [2.75, 3.05) is 26.4 Å². The van der Waals surface area contributed by atoms with E-state index in [1.54, 1.807) is 24.3 Å². The molecule has 2 N–H and O–H groups in total. The molecule has 0 spiro atoms. The lowest BCUT2D eigenvalue weighted by atomic mass is 10.1. The van der Waals surface area contributed by atoms with E-state index in [0.29, 0.717) is 26.4 Å². The van der Waals surface area contributed by atoms with Crippen LogP contribution >= 0.6 is 0 Å². The summed E-state index contributed by atoms with van der Waals surface area (Å²) in [7, 11) is 0. The van der Waals surface area contributed by atoms with Gasteiger partial charge in [-0.25, -0.2) is 0 Å². The Labute approximate surface area is 168 Å². The van der Waals surface area contributed by atoms with Crippen LogP contribution in [0.4, 0.5) is 0 Å². The fraction of sp³-hybridized carbons (Fsp3) is 0.167. The quantitative estimate of drug-likeness (QED) is 0.420. The smallest absolute Gasteiger partial charge is 0.127 e. The van der Waals surface area contributed by atoms with Crippen molar-refractivity contribution in [3.63, 3.8) is 0 Å². The molecule has 29 heavy (non-hydrogen) atoms. The monoisotopic (exact) mass is 390 g/mol. The number of phenols is 2. The minimum Gasteiger partial charge on any atom is -0.508 e. The van der Waals surface area contributed by atoms with Crippen LogP contribution in [0.25, 0.3) is 21.5 Å². The summed E-state index contributed by atoms with van der Waals surface area (Å²) in [5.74, 6) is 2.00. The maximum absolute atomic E-state index is 9.59. The number of hydrogen-bond acceptors (Lipinski definition) is 5. The van der Waals surface area contributed by atoms with Crippen LogP contribution in [0.1, 0.15) is 0 Å². The van der Waals surface area contributed by atoms with E-state index in [4.69, 9.17) is 14.2 Å². The zero-order valence-electron chi connectivity index (χ0n) is 15.9. The summed E-state index contributed by atoms with van der Waals surface area (Å²) < 4.78 is 17.3. The maximum Gasteiger partial charge on any atom is 0.127 e. The molecule has 5 heteroatoms. The SMILES string of the molecule is Oc1ccc2c(OCCOCCOc3cccc4cc(O)ccc34)cccc2c1. The van der Waals surface area contributed by atoms with Gasteiger partial charge in [-0.2, -0.15) is 0 Å². The van der Waals surface area contributed by atoms with Gasteiger partial charge in [-0.15, -0.1) is 0 Å². The van der Waals surface area contributed by atoms with E-state index >= 15 is 0 Å². The molecule has 0 fully saturated rings. The van der Waals surface area contributed by atoms with Crippen LogP contribution in [0, 0.1) is 0 Å². The zero-order chi connectivity index (χ0) is 20.1. The molecule has 4 aromatic rings. The molecule has 0 saturated carbocycles. The Kier molecular flexibility index (Phi) is 5.68. The van der Waals surface area contributed by atoms with E-state index in [9.17, 15) is 10.2 Å². The van der Waals surface area contributed by atoms with Gasteiger partial charge in [0.05, 0.1) is 13.2 Å². The molecule has 0 radical (unpaired) electrons. The number of aromatic hydroxyl groups is 2. The van der Waals surface area contributed by atoms with Crippen molar-refractivity contribution < 1.29 is 24.4 Å². The van der Waals surface area contributed by atoms with Crippen molar-refractivity contribution in [2.45, 2.75) is 0 Å². The van der Waals surface area contributed by atoms with Gasteiger partial charge in [0, 0.05) is 10.8 Å². The van der Waals surface area contributed by atoms with E-state index in [2.05, 4.69) is 0 Å². The molecular weight excluding hydrogens is 368 g/mol. The number of ether oxygens (including phenoxy) is 3. The third-order valence-corrected chi connectivity index (χ3v) is 4.62. The molecule has 0 unspecified atom stereocenters. The second-order valence-electron chi connectivity index (χ2n) is 6.63. The van der Waals surface area contributed by atoms with E-state index in [1.165, 1.54) is 0 Å². The lowest BCUT2D eigenvalue weighted by Gasteiger charge is -2.11. The number of hydrogen-bond donors (Lipinski definition) is 2. The lowest BCUT2D eigenvalue weighted by Crippen LogP contribution is -2.12. The van der Waals surface area contributed by atoms with Gasteiger partial charge in [-0.05, 0) is 59.3 Å². The molecule has 4 aromatic carbocycles. The number of benzene rings is 4. The van der Waals surface area contributed by atoms with Gasteiger partial charge in [-0.3, -0.25) is 0 Å². The Bertz CT molecular complexity index is 1030. The van der Waals surface area contributed by atoms with Crippen LogP contribution in [0.15, 0.2) is 72.8 Å². The fourth-order valence-electron chi connectivity index (χ4n) is 3.26. The van der Waals surface area contributed by atoms with Crippen LogP contribution in [0.2, 0.25) is 0 Å². The second kappa shape index (κ2) is 8.71. The fourth-order valence-corrected chi connectivity index (χ4v) is 3.26. The molecule has 0 atom stereocenters. The maximum atomic E-state index is 9.59. The van der Waals surface area contributed by atoms with Gasteiger partial charge in [0.2, 0.25) is 0 Å². The molecule has 0 bridgehead atoms. The Morgan fingerprint density at radius 1 is 0.552 bits per heavy atom. The van der Waals surface area contributed by atoms with Crippen LogP contribution in [0.5, 0.6) is 23.0 Å². The molecule has 0 aliphatic rings. The first-order valence-electron chi connectivity index (χ1n) is 9.47. The van der Waals surface area contributed by atoms with E-state index in [1.807, 2.05) is 48.5 Å². The first-order valence-corrected chi connectivity index (χ1v) is 9.47. The Morgan fingerprint density at radius 2 is 1.03 bits per heavy atom. The summed E-state index contributed by atoms with van der Waals surface area (Å²) in [4.78, 5) is 0. The van der Waals surface area contributed by atoms with Gasteiger partial charge in [-0.1, -0.05) is 24.3 Å². The average molecular weight is 390 g/mol. The highest BCUT2D eigenvalue weighted by Crippen LogP contribution is 2.29. The molecule has 4 rings (SSSR count). The number of fused-ring (bicyclic) bond motifs is 2. The van der Waals surface area contributed by atoms with Gasteiger partial charge in [0.25, 0.3) is 0 Å². The van der Waals surface area contributed by atoms with Crippen molar-refractivity contribution in [3.05, 3.63) is 72.8 Å². The Balaban J connectivity index is 1.23. The molecule has 0 amide bonds.